The van der Waals surface area contributed by atoms with Gasteiger partial charge in [0.15, 0.2) is 0 Å². The van der Waals surface area contributed by atoms with E-state index >= 15 is 0 Å². The monoisotopic (exact) mass is 341 g/mol. The Morgan fingerprint density at radius 1 is 0.625 bits per heavy atom. The molecule has 0 saturated carbocycles. The quantitative estimate of drug-likeness (QED) is 0.271. The van der Waals surface area contributed by atoms with Gasteiger partial charge >= 0.3 is 0 Å². The average molecular weight is 342 g/mol. The summed E-state index contributed by atoms with van der Waals surface area (Å²) in [5.41, 5.74) is 5.64. The molecule has 0 amide bonds. The molecule has 0 aliphatic heterocycles. The SMILES string of the molecule is C=O.CCCCCCCCCCCCCCCCCCC(C)CN. The van der Waals surface area contributed by atoms with Crippen LogP contribution in [0.4, 0.5) is 0 Å². The highest BCUT2D eigenvalue weighted by atomic mass is 16.1. The second-order valence-corrected chi connectivity index (χ2v) is 7.43. The number of rotatable bonds is 18. The molecule has 2 heteroatoms. The summed E-state index contributed by atoms with van der Waals surface area (Å²) in [6.45, 7) is 7.42. The first-order valence-corrected chi connectivity index (χ1v) is 10.8. The summed E-state index contributed by atoms with van der Waals surface area (Å²) in [6.07, 6.45) is 24.5. The predicted octanol–water partition coefficient (Wildman–Crippen LogP) is 7.05. The lowest BCUT2D eigenvalue weighted by atomic mass is 10.0. The molecule has 0 saturated heterocycles. The lowest BCUT2D eigenvalue weighted by Gasteiger charge is -2.07. The first-order valence-electron chi connectivity index (χ1n) is 10.8. The predicted molar refractivity (Wildman–Crippen MR) is 110 cm³/mol. The minimum absolute atomic E-state index is 0.728. The van der Waals surface area contributed by atoms with E-state index in [0.29, 0.717) is 0 Å². The molecule has 0 aliphatic carbocycles. The molecule has 1 atom stereocenters. The Balaban J connectivity index is 0. The Morgan fingerprint density at radius 3 is 1.21 bits per heavy atom. The lowest BCUT2D eigenvalue weighted by Crippen LogP contribution is -2.10. The van der Waals surface area contributed by atoms with Crippen LogP contribution in [0.1, 0.15) is 123 Å². The third kappa shape index (κ3) is 23.9. The highest BCUT2D eigenvalue weighted by Crippen LogP contribution is 2.14. The van der Waals surface area contributed by atoms with Crippen molar-refractivity contribution in [1.29, 1.82) is 0 Å². The Labute approximate surface area is 153 Å². The van der Waals surface area contributed by atoms with Gasteiger partial charge in [-0.15, -0.1) is 0 Å². The Kier molecular flexibility index (Phi) is 26.8. The zero-order valence-electron chi connectivity index (χ0n) is 17.0. The van der Waals surface area contributed by atoms with E-state index in [1.54, 1.807) is 0 Å². The molecule has 146 valence electrons. The Hall–Kier alpha value is -0.370. The second-order valence-electron chi connectivity index (χ2n) is 7.43. The summed E-state index contributed by atoms with van der Waals surface area (Å²) in [6, 6.07) is 0. The standard InChI is InChI=1S/C21H45N.CH2O/c1-3-4-5-6-7-8-9-10-11-12-13-14-15-16-17-18-19-21(2)20-22;1-2/h21H,3-20,22H2,1-2H3;1H2. The number of hydrogen-bond acceptors (Lipinski definition) is 2. The van der Waals surface area contributed by atoms with Crippen LogP contribution in [0.3, 0.4) is 0 Å². The van der Waals surface area contributed by atoms with Gasteiger partial charge in [-0.3, -0.25) is 0 Å². The Bertz CT molecular complexity index is 208. The maximum Gasteiger partial charge on any atom is 0.106 e. The van der Waals surface area contributed by atoms with E-state index in [0.717, 1.165) is 12.5 Å². The summed E-state index contributed by atoms with van der Waals surface area (Å²) in [4.78, 5) is 8.00. The maximum atomic E-state index is 8.00. The van der Waals surface area contributed by atoms with Crippen LogP contribution in [0.25, 0.3) is 0 Å². The van der Waals surface area contributed by atoms with Gasteiger partial charge in [0.1, 0.15) is 6.79 Å². The molecule has 0 aliphatic rings. The van der Waals surface area contributed by atoms with Crippen LogP contribution in [0.15, 0.2) is 0 Å². The van der Waals surface area contributed by atoms with Gasteiger partial charge in [-0.25, -0.2) is 0 Å². The molecule has 0 spiro atoms. The number of carbonyl (C=O) groups excluding carboxylic acids is 1. The molecule has 1 unspecified atom stereocenters. The van der Waals surface area contributed by atoms with Crippen molar-refractivity contribution in [3.05, 3.63) is 0 Å². The van der Waals surface area contributed by atoms with E-state index in [9.17, 15) is 0 Å². The fraction of sp³-hybridized carbons (Fsp3) is 0.955. The van der Waals surface area contributed by atoms with Crippen LogP contribution in [0, 0.1) is 5.92 Å². The Morgan fingerprint density at radius 2 is 0.917 bits per heavy atom. The van der Waals surface area contributed by atoms with Crippen molar-refractivity contribution in [1.82, 2.24) is 0 Å². The normalized spacial score (nSPS) is 11.8. The van der Waals surface area contributed by atoms with Crippen molar-refractivity contribution in [3.8, 4) is 0 Å². The summed E-state index contributed by atoms with van der Waals surface area (Å²) in [5, 5.41) is 0. The summed E-state index contributed by atoms with van der Waals surface area (Å²) >= 11 is 0. The van der Waals surface area contributed by atoms with E-state index in [1.165, 1.54) is 109 Å². The minimum atomic E-state index is 0.728. The molecule has 0 heterocycles. The highest BCUT2D eigenvalue weighted by Gasteiger charge is 1.98. The largest absolute Gasteiger partial charge is 0.330 e. The van der Waals surface area contributed by atoms with Gasteiger partial charge in [-0.1, -0.05) is 117 Å². The molecule has 0 fully saturated rings. The maximum absolute atomic E-state index is 8.00. The van der Waals surface area contributed by atoms with Crippen molar-refractivity contribution in [2.75, 3.05) is 6.54 Å². The topological polar surface area (TPSA) is 43.1 Å². The zero-order chi connectivity index (χ0) is 18.3. The number of nitrogens with two attached hydrogens (primary N) is 1. The van der Waals surface area contributed by atoms with Gasteiger partial charge in [0.05, 0.1) is 0 Å². The smallest absolute Gasteiger partial charge is 0.106 e. The zero-order valence-corrected chi connectivity index (χ0v) is 17.0. The van der Waals surface area contributed by atoms with Crippen LogP contribution in [0.5, 0.6) is 0 Å². The second kappa shape index (κ2) is 24.9. The van der Waals surface area contributed by atoms with Gasteiger partial charge in [0.25, 0.3) is 0 Å². The average Bonchev–Trinajstić information content (AvgIpc) is 2.62. The lowest BCUT2D eigenvalue weighted by molar-refractivity contribution is -0.0979. The summed E-state index contributed by atoms with van der Waals surface area (Å²) < 4.78 is 0. The van der Waals surface area contributed by atoms with E-state index in [1.807, 2.05) is 6.79 Å². The summed E-state index contributed by atoms with van der Waals surface area (Å²) in [5.74, 6) is 0.728. The van der Waals surface area contributed by atoms with Crippen molar-refractivity contribution in [2.24, 2.45) is 11.7 Å². The van der Waals surface area contributed by atoms with E-state index in [2.05, 4.69) is 13.8 Å². The van der Waals surface area contributed by atoms with Crippen LogP contribution in [0.2, 0.25) is 0 Å². The number of unbranched alkanes of at least 4 members (excludes halogenated alkanes) is 15. The molecule has 2 nitrogen and oxygen atoms in total. The van der Waals surface area contributed by atoms with Crippen LogP contribution in [-0.2, 0) is 4.79 Å². The van der Waals surface area contributed by atoms with Crippen molar-refractivity contribution in [3.63, 3.8) is 0 Å². The van der Waals surface area contributed by atoms with Gasteiger partial charge in [-0.2, -0.15) is 0 Å². The van der Waals surface area contributed by atoms with Gasteiger partial charge < -0.3 is 10.5 Å². The fourth-order valence-electron chi connectivity index (χ4n) is 3.16. The molecule has 0 aromatic heterocycles. The van der Waals surface area contributed by atoms with E-state index in [4.69, 9.17) is 10.5 Å². The van der Waals surface area contributed by atoms with Gasteiger partial charge in [0, 0.05) is 0 Å². The van der Waals surface area contributed by atoms with Crippen molar-refractivity contribution < 1.29 is 4.79 Å². The minimum Gasteiger partial charge on any atom is -0.330 e. The molecule has 0 aromatic carbocycles. The number of hydrogen-bond donors (Lipinski definition) is 1. The van der Waals surface area contributed by atoms with E-state index < -0.39 is 0 Å². The first kappa shape index (κ1) is 25.9. The first-order chi connectivity index (χ1) is 11.8. The molecule has 0 bridgehead atoms. The van der Waals surface area contributed by atoms with Crippen LogP contribution in [-0.4, -0.2) is 13.3 Å². The van der Waals surface area contributed by atoms with Crippen molar-refractivity contribution >= 4 is 6.79 Å². The third-order valence-electron chi connectivity index (χ3n) is 4.95. The molecule has 2 N–H and O–H groups in total. The van der Waals surface area contributed by atoms with Crippen LogP contribution >= 0.6 is 0 Å². The third-order valence-corrected chi connectivity index (χ3v) is 4.95. The fourth-order valence-corrected chi connectivity index (χ4v) is 3.16. The molecule has 0 rings (SSSR count). The molecular weight excluding hydrogens is 294 g/mol. The summed E-state index contributed by atoms with van der Waals surface area (Å²) in [7, 11) is 0. The van der Waals surface area contributed by atoms with E-state index in [-0.39, 0.29) is 0 Å². The van der Waals surface area contributed by atoms with Gasteiger partial charge in [-0.05, 0) is 18.9 Å². The molecule has 0 radical (unpaired) electrons. The number of carbonyl (C=O) groups is 1. The molecule has 0 aromatic rings. The van der Waals surface area contributed by atoms with Crippen molar-refractivity contribution in [2.45, 2.75) is 123 Å². The highest BCUT2D eigenvalue weighted by molar-refractivity contribution is 5.10. The molecular formula is C22H47NO. The molecule has 24 heavy (non-hydrogen) atoms. The van der Waals surface area contributed by atoms with Crippen LogP contribution < -0.4 is 5.73 Å². The van der Waals surface area contributed by atoms with Gasteiger partial charge in [0.2, 0.25) is 0 Å².